The number of carbonyl (C=O) groups is 2. The van der Waals surface area contributed by atoms with E-state index < -0.39 is 29.7 Å². The highest BCUT2D eigenvalue weighted by atomic mass is 16.7. The maximum absolute atomic E-state index is 13.0. The van der Waals surface area contributed by atoms with E-state index in [1.807, 2.05) is 74.5 Å². The monoisotopic (exact) mass is 427 g/mol. The molecule has 0 aromatic heterocycles. The molecule has 0 saturated carbocycles. The third-order valence-electron chi connectivity index (χ3n) is 5.30. The van der Waals surface area contributed by atoms with Gasteiger partial charge in [-0.3, -0.25) is 4.79 Å². The van der Waals surface area contributed by atoms with Crippen LogP contribution in [0.5, 0.6) is 0 Å². The van der Waals surface area contributed by atoms with Crippen molar-refractivity contribution in [3.63, 3.8) is 0 Å². The van der Waals surface area contributed by atoms with Crippen molar-refractivity contribution in [1.29, 1.82) is 0 Å². The minimum atomic E-state index is -0.725. The summed E-state index contributed by atoms with van der Waals surface area (Å²) in [4.78, 5) is 25.2. The van der Waals surface area contributed by atoms with Crippen LogP contribution in [0.15, 0.2) is 60.7 Å². The molecule has 1 N–H and O–H groups in total. The lowest BCUT2D eigenvalue weighted by Crippen LogP contribution is -2.47. The summed E-state index contributed by atoms with van der Waals surface area (Å²) in [5.41, 5.74) is 1.04. The highest BCUT2D eigenvalue weighted by Crippen LogP contribution is 2.36. The van der Waals surface area contributed by atoms with E-state index >= 15 is 0 Å². The molecule has 0 aliphatic carbocycles. The number of ether oxygens (including phenoxy) is 4. The average molecular weight is 427 g/mol. The summed E-state index contributed by atoms with van der Waals surface area (Å²) in [6.45, 7) is 5.00. The Morgan fingerprint density at radius 1 is 0.935 bits per heavy atom. The molecule has 0 bridgehead atoms. The highest BCUT2D eigenvalue weighted by molar-refractivity contribution is 5.75. The Bertz CT molecular complexity index is 834. The molecule has 1 amide bonds. The van der Waals surface area contributed by atoms with Gasteiger partial charge in [0.25, 0.3) is 0 Å². The largest absolute Gasteiger partial charge is 0.461 e. The fraction of sp³-hybridized carbons (Fsp3) is 0.417. The van der Waals surface area contributed by atoms with Crippen LogP contribution < -0.4 is 5.32 Å². The normalized spacial score (nSPS) is 15.3. The van der Waals surface area contributed by atoms with Crippen LogP contribution in [-0.4, -0.2) is 38.1 Å². The number of rotatable bonds is 9. The van der Waals surface area contributed by atoms with Gasteiger partial charge in [0.2, 0.25) is 0 Å². The highest BCUT2D eigenvalue weighted by Gasteiger charge is 2.45. The van der Waals surface area contributed by atoms with Crippen molar-refractivity contribution in [2.24, 2.45) is 11.3 Å². The standard InChI is InChI=1S/C24H29NO6/c1-24(2,22-28-13-14-29-22)20(21(26)30-16-18-9-5-3-6-10-18)15-25-23(27)31-17-19-11-7-4-8-12-19/h3-12,20,22H,13-17H2,1-2H3,(H,25,27)/t20-/m0/s1. The first-order valence-corrected chi connectivity index (χ1v) is 10.3. The number of amides is 1. The first kappa shape index (κ1) is 22.8. The van der Waals surface area contributed by atoms with Gasteiger partial charge in [0.05, 0.1) is 19.1 Å². The van der Waals surface area contributed by atoms with E-state index in [0.717, 1.165) is 11.1 Å². The predicted molar refractivity (Wildman–Crippen MR) is 114 cm³/mol. The van der Waals surface area contributed by atoms with Gasteiger partial charge in [-0.25, -0.2) is 4.79 Å². The summed E-state index contributed by atoms with van der Waals surface area (Å²) in [6, 6.07) is 18.8. The molecule has 31 heavy (non-hydrogen) atoms. The third-order valence-corrected chi connectivity index (χ3v) is 5.30. The summed E-state index contributed by atoms with van der Waals surface area (Å²) in [5, 5.41) is 2.69. The van der Waals surface area contributed by atoms with E-state index in [4.69, 9.17) is 18.9 Å². The Balaban J connectivity index is 1.60. The van der Waals surface area contributed by atoms with Crippen LogP contribution in [0.4, 0.5) is 4.79 Å². The molecule has 1 atom stereocenters. The Hall–Kier alpha value is -2.90. The molecule has 1 aliphatic heterocycles. The zero-order chi connectivity index (χ0) is 22.1. The second kappa shape index (κ2) is 10.9. The van der Waals surface area contributed by atoms with Crippen LogP contribution in [0.2, 0.25) is 0 Å². The van der Waals surface area contributed by atoms with Crippen LogP contribution in [-0.2, 0) is 37.0 Å². The third kappa shape index (κ3) is 6.54. The van der Waals surface area contributed by atoms with E-state index in [1.165, 1.54) is 0 Å². The van der Waals surface area contributed by atoms with Crippen molar-refractivity contribution >= 4 is 12.1 Å². The van der Waals surface area contributed by atoms with Crippen LogP contribution in [0.3, 0.4) is 0 Å². The number of esters is 1. The van der Waals surface area contributed by atoms with Crippen LogP contribution in [0.25, 0.3) is 0 Å². The molecule has 1 fully saturated rings. The van der Waals surface area contributed by atoms with Crippen molar-refractivity contribution in [3.8, 4) is 0 Å². The summed E-state index contributed by atoms with van der Waals surface area (Å²) in [6.07, 6.45) is -1.17. The number of alkyl carbamates (subject to hydrolysis) is 1. The number of benzene rings is 2. The number of hydrogen-bond acceptors (Lipinski definition) is 6. The van der Waals surface area contributed by atoms with Crippen LogP contribution in [0, 0.1) is 11.3 Å². The zero-order valence-electron chi connectivity index (χ0n) is 17.9. The van der Waals surface area contributed by atoms with Gasteiger partial charge in [0.15, 0.2) is 6.29 Å². The van der Waals surface area contributed by atoms with Gasteiger partial charge in [-0.2, -0.15) is 0 Å². The quantitative estimate of drug-likeness (QED) is 0.615. The van der Waals surface area contributed by atoms with Crippen molar-refractivity contribution in [2.75, 3.05) is 19.8 Å². The summed E-state index contributed by atoms with van der Waals surface area (Å²) in [7, 11) is 0. The molecule has 3 rings (SSSR count). The molecular weight excluding hydrogens is 398 g/mol. The topological polar surface area (TPSA) is 83.1 Å². The molecule has 7 nitrogen and oxygen atoms in total. The van der Waals surface area contributed by atoms with Gasteiger partial charge < -0.3 is 24.3 Å². The lowest BCUT2D eigenvalue weighted by Gasteiger charge is -2.36. The van der Waals surface area contributed by atoms with Crippen molar-refractivity contribution in [1.82, 2.24) is 5.32 Å². The number of hydrogen-bond donors (Lipinski definition) is 1. The SMILES string of the molecule is CC(C)(C1OCCO1)[C@@H](CNC(=O)OCc1ccccc1)C(=O)OCc1ccccc1. The van der Waals surface area contributed by atoms with Crippen molar-refractivity contribution < 1.29 is 28.5 Å². The van der Waals surface area contributed by atoms with E-state index in [9.17, 15) is 9.59 Å². The fourth-order valence-electron chi connectivity index (χ4n) is 3.39. The van der Waals surface area contributed by atoms with Gasteiger partial charge in [0, 0.05) is 12.0 Å². The summed E-state index contributed by atoms with van der Waals surface area (Å²) >= 11 is 0. The Morgan fingerprint density at radius 2 is 1.45 bits per heavy atom. The molecular formula is C24H29NO6. The lowest BCUT2D eigenvalue weighted by atomic mass is 9.77. The molecule has 166 valence electrons. The molecule has 0 radical (unpaired) electrons. The molecule has 1 heterocycles. The van der Waals surface area contributed by atoms with Crippen LogP contribution in [0.1, 0.15) is 25.0 Å². The molecule has 0 unspecified atom stereocenters. The Kier molecular flexibility index (Phi) is 8.03. The van der Waals surface area contributed by atoms with E-state index in [-0.39, 0.29) is 19.8 Å². The van der Waals surface area contributed by atoms with Gasteiger partial charge in [-0.15, -0.1) is 0 Å². The first-order chi connectivity index (χ1) is 15.0. The van der Waals surface area contributed by atoms with Gasteiger partial charge in [-0.05, 0) is 11.1 Å². The molecule has 7 heteroatoms. The fourth-order valence-corrected chi connectivity index (χ4v) is 3.39. The number of carbonyl (C=O) groups excluding carboxylic acids is 2. The summed E-state index contributed by atoms with van der Waals surface area (Å²) < 4.78 is 22.1. The predicted octanol–water partition coefficient (Wildman–Crippen LogP) is 3.67. The van der Waals surface area contributed by atoms with E-state index in [1.54, 1.807) is 0 Å². The second-order valence-electron chi connectivity index (χ2n) is 7.98. The zero-order valence-corrected chi connectivity index (χ0v) is 17.9. The van der Waals surface area contributed by atoms with Crippen molar-refractivity contribution in [3.05, 3.63) is 71.8 Å². The van der Waals surface area contributed by atoms with Gasteiger partial charge >= 0.3 is 12.1 Å². The van der Waals surface area contributed by atoms with E-state index in [2.05, 4.69) is 5.32 Å². The molecule has 0 spiro atoms. The van der Waals surface area contributed by atoms with E-state index in [0.29, 0.717) is 13.2 Å². The van der Waals surface area contributed by atoms with Crippen molar-refractivity contribution in [2.45, 2.75) is 33.4 Å². The number of nitrogens with one attached hydrogen (secondary N) is 1. The lowest BCUT2D eigenvalue weighted by molar-refractivity contribution is -0.174. The minimum Gasteiger partial charge on any atom is -0.461 e. The molecule has 2 aromatic carbocycles. The van der Waals surface area contributed by atoms with Gasteiger partial charge in [-0.1, -0.05) is 74.5 Å². The Labute approximate surface area is 182 Å². The first-order valence-electron chi connectivity index (χ1n) is 10.3. The van der Waals surface area contributed by atoms with Crippen LogP contribution >= 0.6 is 0 Å². The Morgan fingerprint density at radius 3 is 2.00 bits per heavy atom. The molecule has 2 aromatic rings. The summed E-state index contributed by atoms with van der Waals surface area (Å²) in [5.74, 6) is -1.13. The maximum atomic E-state index is 13.0. The molecule has 1 aliphatic rings. The maximum Gasteiger partial charge on any atom is 0.407 e. The average Bonchev–Trinajstić information content (AvgIpc) is 3.34. The van der Waals surface area contributed by atoms with Gasteiger partial charge in [0.1, 0.15) is 13.2 Å². The minimum absolute atomic E-state index is 0.0392. The smallest absolute Gasteiger partial charge is 0.407 e. The second-order valence-corrected chi connectivity index (χ2v) is 7.98. The molecule has 1 saturated heterocycles.